The fourth-order valence-electron chi connectivity index (χ4n) is 4.22. The molecule has 0 saturated carbocycles. The Labute approximate surface area is 195 Å². The Morgan fingerprint density at radius 2 is 1.58 bits per heavy atom. The lowest BCUT2D eigenvalue weighted by molar-refractivity contribution is -0.131. The molecule has 2 aromatic rings. The lowest BCUT2D eigenvalue weighted by Gasteiger charge is -2.31. The largest absolute Gasteiger partial charge is 0.338 e. The number of aryl methyl sites for hydroxylation is 1. The highest BCUT2D eigenvalue weighted by Crippen LogP contribution is 2.27. The first-order valence-electron chi connectivity index (χ1n) is 11.7. The molecule has 0 aliphatic carbocycles. The summed E-state index contributed by atoms with van der Waals surface area (Å²) in [6.07, 6.45) is 2.70. The third kappa shape index (κ3) is 6.84. The van der Waals surface area contributed by atoms with Gasteiger partial charge >= 0.3 is 0 Å². The van der Waals surface area contributed by atoms with E-state index < -0.39 is 11.6 Å². The number of halogens is 2. The Hall–Kier alpha value is -2.80. The molecule has 2 amide bonds. The second kappa shape index (κ2) is 11.9. The smallest absolute Gasteiger partial charge is 0.226 e. The summed E-state index contributed by atoms with van der Waals surface area (Å²) in [7, 11) is 2.02. The molecule has 2 aromatic carbocycles. The van der Waals surface area contributed by atoms with Crippen LogP contribution in [0.15, 0.2) is 42.5 Å². The van der Waals surface area contributed by atoms with Crippen LogP contribution < -0.4 is 4.90 Å². The Morgan fingerprint density at radius 1 is 0.909 bits per heavy atom. The molecule has 0 spiro atoms. The molecule has 7 heteroatoms. The lowest BCUT2D eigenvalue weighted by Crippen LogP contribution is -2.38. The second-order valence-electron chi connectivity index (χ2n) is 8.61. The molecule has 1 aliphatic heterocycles. The molecule has 178 valence electrons. The van der Waals surface area contributed by atoms with Gasteiger partial charge in [0.25, 0.3) is 0 Å². The van der Waals surface area contributed by atoms with E-state index in [0.29, 0.717) is 37.2 Å². The molecule has 3 rings (SSSR count). The fourth-order valence-corrected chi connectivity index (χ4v) is 4.22. The highest BCUT2D eigenvalue weighted by atomic mass is 19.2. The van der Waals surface area contributed by atoms with Crippen molar-refractivity contribution in [1.29, 1.82) is 0 Å². The minimum Gasteiger partial charge on any atom is -0.338 e. The van der Waals surface area contributed by atoms with Crippen molar-refractivity contribution >= 4 is 17.5 Å². The maximum atomic E-state index is 14.2. The maximum absolute atomic E-state index is 14.2. The summed E-state index contributed by atoms with van der Waals surface area (Å²) >= 11 is 0. The van der Waals surface area contributed by atoms with Crippen LogP contribution >= 0.6 is 0 Å². The number of carbonyl (C=O) groups is 2. The summed E-state index contributed by atoms with van der Waals surface area (Å²) in [6.45, 7) is 4.40. The molecule has 0 fully saturated rings. The summed E-state index contributed by atoms with van der Waals surface area (Å²) in [4.78, 5) is 31.3. The van der Waals surface area contributed by atoms with Gasteiger partial charge in [0.2, 0.25) is 11.8 Å². The second-order valence-corrected chi connectivity index (χ2v) is 8.61. The first-order chi connectivity index (χ1) is 15.9. The molecule has 33 heavy (non-hydrogen) atoms. The Kier molecular flexibility index (Phi) is 8.95. The van der Waals surface area contributed by atoms with E-state index in [1.165, 1.54) is 0 Å². The minimum absolute atomic E-state index is 0.0392. The van der Waals surface area contributed by atoms with Gasteiger partial charge in [-0.3, -0.25) is 9.59 Å². The molecule has 0 unspecified atom stereocenters. The topological polar surface area (TPSA) is 43.9 Å². The van der Waals surface area contributed by atoms with E-state index in [0.717, 1.165) is 43.6 Å². The third-order valence-electron chi connectivity index (χ3n) is 6.09. The number of fused-ring (bicyclic) bond motifs is 1. The van der Waals surface area contributed by atoms with Crippen LogP contribution in [0, 0.1) is 11.6 Å². The van der Waals surface area contributed by atoms with Gasteiger partial charge in [-0.1, -0.05) is 37.3 Å². The van der Waals surface area contributed by atoms with Crippen LogP contribution in [0.3, 0.4) is 0 Å². The standard InChI is InChI=1S/C26H33F2N3O2/c1-3-25(32)31-16-8-14-29(2)13-7-15-30(19-21-17-22(27)23(28)18-24(21)31)26(33)12-11-20-9-5-4-6-10-20/h4-6,9-10,17-18H,3,7-8,11-16,19H2,1-2H3. The number of hydrogen-bond donors (Lipinski definition) is 0. The molecule has 0 radical (unpaired) electrons. The number of benzene rings is 2. The lowest BCUT2D eigenvalue weighted by atomic mass is 10.1. The molecule has 1 aliphatic rings. The normalized spacial score (nSPS) is 16.0. The van der Waals surface area contributed by atoms with Crippen molar-refractivity contribution in [2.45, 2.75) is 45.6 Å². The van der Waals surface area contributed by atoms with Crippen LogP contribution in [-0.2, 0) is 22.6 Å². The molecule has 0 bridgehead atoms. The zero-order chi connectivity index (χ0) is 23.8. The summed E-state index contributed by atoms with van der Waals surface area (Å²) in [6, 6.07) is 12.0. The van der Waals surface area contributed by atoms with Crippen LogP contribution in [-0.4, -0.2) is 54.8 Å². The van der Waals surface area contributed by atoms with Gasteiger partial charge in [-0.25, -0.2) is 8.78 Å². The van der Waals surface area contributed by atoms with E-state index in [-0.39, 0.29) is 24.8 Å². The van der Waals surface area contributed by atoms with Crippen LogP contribution in [0.1, 0.15) is 43.7 Å². The van der Waals surface area contributed by atoms with Crippen molar-refractivity contribution in [3.63, 3.8) is 0 Å². The average molecular weight is 458 g/mol. The van der Waals surface area contributed by atoms with Crippen LogP contribution in [0.2, 0.25) is 0 Å². The Balaban J connectivity index is 1.91. The van der Waals surface area contributed by atoms with Crippen molar-refractivity contribution < 1.29 is 18.4 Å². The van der Waals surface area contributed by atoms with Crippen LogP contribution in [0.25, 0.3) is 0 Å². The molecule has 1 heterocycles. The molecular formula is C26H33F2N3O2. The Bertz CT molecular complexity index is 952. The van der Waals surface area contributed by atoms with Crippen LogP contribution in [0.5, 0.6) is 0 Å². The monoisotopic (exact) mass is 457 g/mol. The third-order valence-corrected chi connectivity index (χ3v) is 6.09. The van der Waals surface area contributed by atoms with Crippen molar-refractivity contribution in [3.05, 3.63) is 65.2 Å². The number of carbonyl (C=O) groups excluding carboxylic acids is 2. The van der Waals surface area contributed by atoms with Gasteiger partial charge in [-0.05, 0) is 56.6 Å². The van der Waals surface area contributed by atoms with E-state index in [9.17, 15) is 18.4 Å². The van der Waals surface area contributed by atoms with E-state index in [1.54, 1.807) is 16.7 Å². The highest BCUT2D eigenvalue weighted by molar-refractivity contribution is 5.94. The molecule has 0 N–H and O–H groups in total. The fraction of sp³-hybridized carbons (Fsp3) is 0.462. The van der Waals surface area contributed by atoms with E-state index >= 15 is 0 Å². The average Bonchev–Trinajstić information content (AvgIpc) is 2.81. The van der Waals surface area contributed by atoms with E-state index in [4.69, 9.17) is 0 Å². The Morgan fingerprint density at radius 3 is 2.27 bits per heavy atom. The van der Waals surface area contributed by atoms with Gasteiger partial charge in [0.05, 0.1) is 5.69 Å². The molecular weight excluding hydrogens is 424 g/mol. The first-order valence-corrected chi connectivity index (χ1v) is 11.7. The summed E-state index contributed by atoms with van der Waals surface area (Å²) in [5.41, 5.74) is 1.88. The predicted molar refractivity (Wildman–Crippen MR) is 126 cm³/mol. The summed E-state index contributed by atoms with van der Waals surface area (Å²) in [5.74, 6) is -2.15. The quantitative estimate of drug-likeness (QED) is 0.684. The molecule has 0 saturated heterocycles. The van der Waals surface area contributed by atoms with E-state index in [2.05, 4.69) is 4.90 Å². The predicted octanol–water partition coefficient (Wildman–Crippen LogP) is 4.39. The number of hydrogen-bond acceptors (Lipinski definition) is 3. The maximum Gasteiger partial charge on any atom is 0.226 e. The number of nitrogens with zero attached hydrogens (tertiary/aromatic N) is 3. The number of rotatable bonds is 4. The molecule has 5 nitrogen and oxygen atoms in total. The van der Waals surface area contributed by atoms with Gasteiger partial charge in [0, 0.05) is 38.5 Å². The zero-order valence-corrected chi connectivity index (χ0v) is 19.5. The van der Waals surface area contributed by atoms with Gasteiger partial charge in [0.15, 0.2) is 11.6 Å². The van der Waals surface area contributed by atoms with Crippen molar-refractivity contribution in [1.82, 2.24) is 9.80 Å². The van der Waals surface area contributed by atoms with Crippen LogP contribution in [0.4, 0.5) is 14.5 Å². The number of amides is 2. The molecule has 0 aromatic heterocycles. The van der Waals surface area contributed by atoms with Gasteiger partial charge in [0.1, 0.15) is 0 Å². The highest BCUT2D eigenvalue weighted by Gasteiger charge is 2.24. The van der Waals surface area contributed by atoms with Gasteiger partial charge in [-0.2, -0.15) is 0 Å². The first kappa shape index (κ1) is 24.8. The summed E-state index contributed by atoms with van der Waals surface area (Å²) in [5, 5.41) is 0. The summed E-state index contributed by atoms with van der Waals surface area (Å²) < 4.78 is 28.5. The molecule has 0 atom stereocenters. The van der Waals surface area contributed by atoms with Gasteiger partial charge in [-0.15, -0.1) is 0 Å². The van der Waals surface area contributed by atoms with Crippen molar-refractivity contribution in [3.8, 4) is 0 Å². The SMILES string of the molecule is CCC(=O)N1CCCN(C)CCCN(C(=O)CCc2ccccc2)Cc2cc(F)c(F)cc21. The van der Waals surface area contributed by atoms with Crippen molar-refractivity contribution in [2.24, 2.45) is 0 Å². The van der Waals surface area contributed by atoms with Crippen molar-refractivity contribution in [2.75, 3.05) is 38.1 Å². The minimum atomic E-state index is -0.992. The number of anilines is 1. The van der Waals surface area contributed by atoms with E-state index in [1.807, 2.05) is 37.4 Å². The van der Waals surface area contributed by atoms with Gasteiger partial charge < -0.3 is 14.7 Å². The zero-order valence-electron chi connectivity index (χ0n) is 19.5.